The van der Waals surface area contributed by atoms with E-state index in [0.29, 0.717) is 64.3 Å². The topological polar surface area (TPSA) is 214 Å². The van der Waals surface area contributed by atoms with E-state index in [4.69, 9.17) is 29.5 Å². The van der Waals surface area contributed by atoms with Crippen molar-refractivity contribution in [2.24, 2.45) is 124 Å². The van der Waals surface area contributed by atoms with Gasteiger partial charge in [0.25, 0.3) is 6.47 Å². The largest absolute Gasteiger partial charge is 1.00 e. The molecule has 10 saturated carbocycles. The van der Waals surface area contributed by atoms with Crippen LogP contribution in [-0.4, -0.2) is 78.2 Å². The number of hydrogen-bond donors (Lipinski definition) is 3. The molecule has 0 spiro atoms. The molecule has 0 saturated heterocycles. The molecule has 85 heavy (non-hydrogen) atoms. The number of fused-ring (bicyclic) bond motifs is 14. The van der Waals surface area contributed by atoms with Crippen LogP contribution in [-0.2, 0) is 38.4 Å². The van der Waals surface area contributed by atoms with Gasteiger partial charge in [-0.1, -0.05) is 103 Å². The molecular formula is C69H112N2Na2O12. The van der Waals surface area contributed by atoms with Gasteiger partial charge in [-0.2, -0.15) is 0 Å². The summed E-state index contributed by atoms with van der Waals surface area (Å²) in [6.45, 7) is 41.0. The predicted molar refractivity (Wildman–Crippen MR) is 322 cm³/mol. The summed E-state index contributed by atoms with van der Waals surface area (Å²) in [5.74, 6) is 4.87. The Morgan fingerprint density at radius 2 is 1.00 bits per heavy atom. The fourth-order valence-electron chi connectivity index (χ4n) is 24.0. The summed E-state index contributed by atoms with van der Waals surface area (Å²) < 4.78 is 11.5. The van der Waals surface area contributed by atoms with E-state index in [1.54, 1.807) is 0 Å². The first-order valence-corrected chi connectivity index (χ1v) is 32.2. The van der Waals surface area contributed by atoms with Crippen LogP contribution in [0.2, 0.25) is 0 Å². The number of nitrogens with zero attached hydrogens (tertiary/aromatic N) is 2. The summed E-state index contributed by atoms with van der Waals surface area (Å²) in [5, 5.41) is 43.8. The molecule has 0 bridgehead atoms. The second-order valence-corrected chi connectivity index (χ2v) is 30.9. The van der Waals surface area contributed by atoms with E-state index < -0.39 is 11.4 Å². The molecule has 16 heteroatoms. The maximum absolute atomic E-state index is 12.0. The maximum atomic E-state index is 12.0. The van der Waals surface area contributed by atoms with Crippen molar-refractivity contribution in [1.82, 2.24) is 0 Å². The minimum atomic E-state index is -0.491. The second kappa shape index (κ2) is 27.7. The summed E-state index contributed by atoms with van der Waals surface area (Å²) in [7, 11) is 1.00. The molecule has 10 rings (SSSR count). The average molecular weight is 1210 g/mol. The Balaban J connectivity index is 0.000000333. The molecule has 472 valence electrons. The Bertz CT molecular complexity index is 2520. The number of hydrogen-bond acceptors (Lipinski definition) is 14. The zero-order chi connectivity index (χ0) is 61.7. The van der Waals surface area contributed by atoms with Gasteiger partial charge in [0.1, 0.15) is 6.61 Å². The average Bonchev–Trinajstić information content (AvgIpc) is 2.10. The first kappa shape index (κ1) is 74.1. The Morgan fingerprint density at radius 1 is 0.576 bits per heavy atom. The SMILES string of the molecule is C=C(C)[C@@H]1CC[C@]2(CC)CC[C@]3(C)[C@H](CC[C@@H]4[C@@]5(C)CC/C(=N/O)[C@](C)(CO)[C@@H]5CC[C@]43C)[C@@H]12.C=C(C)[C@@H]1CC[C@]2(COC(C)=O)CC[C@]3(C)[C@H](CC[C@@H]4[C@@]5(C)CCC(=NOC(C)=O)[C@](C)(COC(C)=O)[C@@H]5CC[C@]43C)[C@@H]12.CO.O=CO[O-].[H-].[Na+].[Na+]. The van der Waals surface area contributed by atoms with Gasteiger partial charge in [-0.25, -0.2) is 4.79 Å². The molecule has 20 atom stereocenters. The number of carbonyl (C=O) groups excluding carboxylic acids is 4. The number of ether oxygens (including phenoxy) is 2. The molecule has 0 radical (unpaired) electrons. The third-order valence-corrected chi connectivity index (χ3v) is 28.3. The zero-order valence-corrected chi connectivity index (χ0v) is 60.1. The molecule has 10 aliphatic carbocycles. The van der Waals surface area contributed by atoms with Gasteiger partial charge in [0.2, 0.25) is 0 Å². The number of esters is 2. The monoisotopic (exact) mass is 1210 g/mol. The molecule has 0 aromatic carbocycles. The Labute approximate surface area is 557 Å². The van der Waals surface area contributed by atoms with Crippen LogP contribution < -0.4 is 64.4 Å². The van der Waals surface area contributed by atoms with E-state index in [-0.39, 0.29) is 131 Å². The van der Waals surface area contributed by atoms with Crippen molar-refractivity contribution in [3.63, 3.8) is 0 Å². The molecule has 10 aliphatic rings. The zero-order valence-electron chi connectivity index (χ0n) is 57.1. The van der Waals surface area contributed by atoms with E-state index in [1.165, 1.54) is 96.1 Å². The standard InChI is InChI=1S/C36H55NO6.C31H51NO2.CH2O3.CH4O.2Na.H/c1-22(2)26-12-17-36(21-42-24(4)39)19-18-34(8)27(31(26)36)10-11-29-32(6)15-14-30(37-43-25(5)40)33(7,20-41-23(3)38)28(32)13-16-35(29,34)9;1-8-31-16-11-21(20(2)3)26(31)22-9-10-24-27(4)14-13-25(32-34)28(5,19-33)23(27)12-15-30(24,7)29(22,6)17-18-31;2-1-4-3;1-2;;;/h26-29,31H,1,10-21H2,2-9H3;21-24,26,33-34H,2,8-19H2,1,3-7H3;1,3H;2H,1H3;;;/q;;;;2*+1;-1/p-1/b;32-25-;;;;;/t26-,27+,28+,29+,31+,32-,33+,34+,35+,36+;21-,22+,23+,24+,26+,27-,28+,29+,30+,31+;;;;;/m00...../s1. The van der Waals surface area contributed by atoms with Crippen LogP contribution >= 0.6 is 0 Å². The summed E-state index contributed by atoms with van der Waals surface area (Å²) in [4.78, 5) is 52.1. The first-order chi connectivity index (χ1) is 38.9. The van der Waals surface area contributed by atoms with Gasteiger partial charge in [0, 0.05) is 44.1 Å². The van der Waals surface area contributed by atoms with Crippen molar-refractivity contribution in [3.05, 3.63) is 24.3 Å². The molecule has 0 aliphatic heterocycles. The van der Waals surface area contributed by atoms with Crippen molar-refractivity contribution in [1.29, 1.82) is 0 Å². The normalized spacial score (nSPS) is 45.9. The van der Waals surface area contributed by atoms with Gasteiger partial charge in [0.05, 0.1) is 24.6 Å². The van der Waals surface area contributed by atoms with Crippen LogP contribution in [0.4, 0.5) is 0 Å². The van der Waals surface area contributed by atoms with Gasteiger partial charge in [-0.3, -0.25) is 14.4 Å². The van der Waals surface area contributed by atoms with E-state index in [1.807, 2.05) is 0 Å². The van der Waals surface area contributed by atoms with Crippen molar-refractivity contribution >= 4 is 35.8 Å². The molecular weight excluding hydrogens is 1090 g/mol. The molecule has 0 heterocycles. The number of oxime groups is 2. The van der Waals surface area contributed by atoms with E-state index in [9.17, 15) is 24.7 Å². The fraction of sp³-hybridized carbons (Fsp3) is 0.855. The third kappa shape index (κ3) is 12.0. The van der Waals surface area contributed by atoms with E-state index >= 15 is 0 Å². The van der Waals surface area contributed by atoms with Crippen LogP contribution in [0.15, 0.2) is 34.6 Å². The molecule has 0 aromatic heterocycles. The van der Waals surface area contributed by atoms with E-state index in [0.717, 1.165) is 101 Å². The first-order valence-electron chi connectivity index (χ1n) is 32.2. The van der Waals surface area contributed by atoms with Gasteiger partial charge in [0.15, 0.2) is 0 Å². The van der Waals surface area contributed by atoms with Crippen LogP contribution in [0.3, 0.4) is 0 Å². The van der Waals surface area contributed by atoms with Crippen LogP contribution in [0.25, 0.3) is 0 Å². The smallest absolute Gasteiger partial charge is 1.00 e. The summed E-state index contributed by atoms with van der Waals surface area (Å²) in [6, 6.07) is 0. The Kier molecular flexibility index (Phi) is 24.1. The van der Waals surface area contributed by atoms with Crippen molar-refractivity contribution in [2.45, 2.75) is 232 Å². The summed E-state index contributed by atoms with van der Waals surface area (Å²) in [5.41, 5.74) is 5.43. The van der Waals surface area contributed by atoms with Gasteiger partial charge >= 0.3 is 77.0 Å². The van der Waals surface area contributed by atoms with Crippen molar-refractivity contribution in [3.8, 4) is 0 Å². The maximum Gasteiger partial charge on any atom is 1.00 e. The third-order valence-electron chi connectivity index (χ3n) is 28.3. The van der Waals surface area contributed by atoms with Crippen molar-refractivity contribution < 1.29 is 120 Å². The van der Waals surface area contributed by atoms with Gasteiger partial charge in [-0.05, 0) is 239 Å². The van der Waals surface area contributed by atoms with Crippen LogP contribution in [0.1, 0.15) is 233 Å². The number of rotatable bonds is 10. The number of aliphatic hydroxyl groups excluding tert-OH is 2. The molecule has 0 amide bonds. The summed E-state index contributed by atoms with van der Waals surface area (Å²) in [6.07, 6.45) is 24.7. The van der Waals surface area contributed by atoms with Gasteiger partial charge < -0.3 is 41.3 Å². The molecule has 3 N–H and O–H groups in total. The van der Waals surface area contributed by atoms with Crippen LogP contribution in [0.5, 0.6) is 0 Å². The Morgan fingerprint density at radius 3 is 1.41 bits per heavy atom. The second-order valence-electron chi connectivity index (χ2n) is 30.9. The summed E-state index contributed by atoms with van der Waals surface area (Å²) >= 11 is 0. The van der Waals surface area contributed by atoms with Crippen molar-refractivity contribution in [2.75, 3.05) is 26.9 Å². The van der Waals surface area contributed by atoms with Gasteiger partial charge in [-0.15, -0.1) is 0 Å². The number of carbonyl (C=O) groups is 4. The number of aliphatic hydroxyl groups is 2. The minimum Gasteiger partial charge on any atom is -1.00 e. The predicted octanol–water partition coefficient (Wildman–Crippen LogP) is 7.69. The molecule has 14 nitrogen and oxygen atoms in total. The molecule has 0 unspecified atom stereocenters. The van der Waals surface area contributed by atoms with E-state index in [2.05, 4.69) is 105 Å². The molecule has 0 aromatic rings. The van der Waals surface area contributed by atoms with Crippen LogP contribution in [0, 0.1) is 113 Å². The fourth-order valence-corrected chi connectivity index (χ4v) is 24.0. The quantitative estimate of drug-likeness (QED) is 0.0281. The Hall–Kier alpha value is -1.62. The minimum absolute atomic E-state index is 0. The molecule has 10 fully saturated rings. The number of allylic oxidation sites excluding steroid dienone is 2.